The second-order valence-electron chi connectivity index (χ2n) is 4.91. The minimum atomic E-state index is -3.67. The molecule has 0 spiro atoms. The number of carbonyl (C=O) groups is 1. The molecule has 1 aromatic rings. The van der Waals surface area contributed by atoms with Crippen molar-refractivity contribution in [1.82, 2.24) is 9.21 Å². The van der Waals surface area contributed by atoms with Crippen LogP contribution in [0.1, 0.15) is 18.5 Å². The van der Waals surface area contributed by atoms with E-state index >= 15 is 0 Å². The second kappa shape index (κ2) is 6.34. The number of hydrogen-bond acceptors (Lipinski definition) is 4. The lowest BCUT2D eigenvalue weighted by Gasteiger charge is -2.19. The summed E-state index contributed by atoms with van der Waals surface area (Å²) < 4.78 is 25.6. The summed E-state index contributed by atoms with van der Waals surface area (Å²) in [6.45, 7) is 1.63. The van der Waals surface area contributed by atoms with Crippen LogP contribution in [0.4, 0.5) is 0 Å². The number of benzene rings is 1. The fourth-order valence-electron chi connectivity index (χ4n) is 1.54. The molecule has 1 amide bonds. The van der Waals surface area contributed by atoms with Crippen LogP contribution < -0.4 is 5.73 Å². The number of hydrogen-bond donors (Lipinski definition) is 1. The Morgan fingerprint density at radius 3 is 2.10 bits per heavy atom. The Bertz CT molecular complexity index is 565. The molecule has 0 aliphatic rings. The van der Waals surface area contributed by atoms with E-state index in [1.54, 1.807) is 26.2 Å². The van der Waals surface area contributed by atoms with Crippen LogP contribution in [-0.4, -0.2) is 51.2 Å². The molecule has 0 aliphatic heterocycles. The maximum absolute atomic E-state index is 12.3. The SMILES string of the molecule is CC(N)c1ccc(S(=O)(=O)N(C)CC(=O)N(C)C)cc1. The first kappa shape index (κ1) is 16.6. The molecule has 0 heterocycles. The van der Waals surface area contributed by atoms with Gasteiger partial charge in [-0.05, 0) is 24.6 Å². The molecule has 2 N–H and O–H groups in total. The Morgan fingerprint density at radius 1 is 1.20 bits per heavy atom. The van der Waals surface area contributed by atoms with E-state index in [0.29, 0.717) is 0 Å². The van der Waals surface area contributed by atoms with Gasteiger partial charge < -0.3 is 10.6 Å². The van der Waals surface area contributed by atoms with Gasteiger partial charge in [-0.2, -0.15) is 4.31 Å². The van der Waals surface area contributed by atoms with E-state index in [9.17, 15) is 13.2 Å². The van der Waals surface area contributed by atoms with Crippen molar-refractivity contribution < 1.29 is 13.2 Å². The number of likely N-dealkylation sites (N-methyl/N-ethyl adjacent to an activating group) is 2. The van der Waals surface area contributed by atoms with Crippen LogP contribution in [0, 0.1) is 0 Å². The van der Waals surface area contributed by atoms with E-state index in [4.69, 9.17) is 5.73 Å². The van der Waals surface area contributed by atoms with Gasteiger partial charge in [0.2, 0.25) is 15.9 Å². The molecule has 0 bridgehead atoms. The summed E-state index contributed by atoms with van der Waals surface area (Å²) in [5.41, 5.74) is 6.58. The van der Waals surface area contributed by atoms with Gasteiger partial charge in [-0.15, -0.1) is 0 Å². The maximum Gasteiger partial charge on any atom is 0.243 e. The molecule has 0 radical (unpaired) electrons. The molecule has 6 nitrogen and oxygen atoms in total. The van der Waals surface area contributed by atoms with E-state index in [1.807, 2.05) is 6.92 Å². The predicted octanol–water partition coefficient (Wildman–Crippen LogP) is 0.415. The average molecular weight is 299 g/mol. The number of sulfonamides is 1. The zero-order valence-electron chi connectivity index (χ0n) is 12.2. The molecule has 1 atom stereocenters. The standard InChI is InChI=1S/C13H21N3O3S/c1-10(14)11-5-7-12(8-6-11)20(18,19)16(4)9-13(17)15(2)3/h5-8,10H,9,14H2,1-4H3. The van der Waals surface area contributed by atoms with E-state index in [1.165, 1.54) is 24.1 Å². The van der Waals surface area contributed by atoms with Gasteiger partial charge in [-0.3, -0.25) is 4.79 Å². The lowest BCUT2D eigenvalue weighted by Crippen LogP contribution is -2.37. The summed E-state index contributed by atoms with van der Waals surface area (Å²) in [6, 6.07) is 6.22. The fourth-order valence-corrected chi connectivity index (χ4v) is 2.66. The minimum absolute atomic E-state index is 0.149. The molecule has 7 heteroatoms. The minimum Gasteiger partial charge on any atom is -0.348 e. The predicted molar refractivity (Wildman–Crippen MR) is 77.6 cm³/mol. The Hall–Kier alpha value is -1.44. The first-order chi connectivity index (χ1) is 9.16. The third-order valence-electron chi connectivity index (χ3n) is 2.97. The van der Waals surface area contributed by atoms with Crippen molar-refractivity contribution in [2.45, 2.75) is 17.9 Å². The third-order valence-corrected chi connectivity index (χ3v) is 4.79. The lowest BCUT2D eigenvalue weighted by atomic mass is 10.1. The van der Waals surface area contributed by atoms with E-state index in [0.717, 1.165) is 9.87 Å². The molecule has 0 aromatic heterocycles. The van der Waals surface area contributed by atoms with Gasteiger partial charge >= 0.3 is 0 Å². The Balaban J connectivity index is 2.95. The monoisotopic (exact) mass is 299 g/mol. The van der Waals surface area contributed by atoms with Crippen LogP contribution in [0.2, 0.25) is 0 Å². The van der Waals surface area contributed by atoms with Crippen molar-refractivity contribution in [3.8, 4) is 0 Å². The normalized spacial score (nSPS) is 13.3. The molecule has 0 aliphatic carbocycles. The first-order valence-corrected chi connectivity index (χ1v) is 7.62. The number of carbonyl (C=O) groups excluding carboxylic acids is 1. The highest BCUT2D eigenvalue weighted by Gasteiger charge is 2.23. The summed E-state index contributed by atoms with van der Waals surface area (Å²) in [6.07, 6.45) is 0. The molecular formula is C13H21N3O3S. The zero-order chi connectivity index (χ0) is 15.5. The maximum atomic E-state index is 12.3. The molecule has 0 saturated carbocycles. The molecule has 0 fully saturated rings. The average Bonchev–Trinajstić information content (AvgIpc) is 2.38. The summed E-state index contributed by atoms with van der Waals surface area (Å²) in [4.78, 5) is 13.1. The number of amides is 1. The number of nitrogens with two attached hydrogens (primary N) is 1. The zero-order valence-corrected chi connectivity index (χ0v) is 13.0. The van der Waals surface area contributed by atoms with E-state index in [-0.39, 0.29) is 23.4 Å². The molecule has 1 unspecified atom stereocenters. The van der Waals surface area contributed by atoms with Crippen LogP contribution in [0.25, 0.3) is 0 Å². The van der Waals surface area contributed by atoms with Crippen molar-refractivity contribution in [3.63, 3.8) is 0 Å². The lowest BCUT2D eigenvalue weighted by molar-refractivity contribution is -0.128. The highest BCUT2D eigenvalue weighted by molar-refractivity contribution is 7.89. The molecule has 112 valence electrons. The second-order valence-corrected chi connectivity index (χ2v) is 6.95. The third kappa shape index (κ3) is 3.78. The molecule has 1 rings (SSSR count). The van der Waals surface area contributed by atoms with Gasteiger partial charge in [0.15, 0.2) is 0 Å². The van der Waals surface area contributed by atoms with Gasteiger partial charge in [0.25, 0.3) is 0 Å². The van der Waals surface area contributed by atoms with Crippen LogP contribution in [-0.2, 0) is 14.8 Å². The van der Waals surface area contributed by atoms with Crippen LogP contribution in [0.3, 0.4) is 0 Å². The highest BCUT2D eigenvalue weighted by atomic mass is 32.2. The van der Waals surface area contributed by atoms with Crippen molar-refractivity contribution in [3.05, 3.63) is 29.8 Å². The van der Waals surface area contributed by atoms with Crippen LogP contribution in [0.5, 0.6) is 0 Å². The molecule has 0 saturated heterocycles. The van der Waals surface area contributed by atoms with Crippen molar-refractivity contribution in [2.24, 2.45) is 5.73 Å². The van der Waals surface area contributed by atoms with Crippen molar-refractivity contribution in [1.29, 1.82) is 0 Å². The highest BCUT2D eigenvalue weighted by Crippen LogP contribution is 2.17. The van der Waals surface area contributed by atoms with Gasteiger partial charge in [0.1, 0.15) is 0 Å². The largest absolute Gasteiger partial charge is 0.348 e. The summed E-state index contributed by atoms with van der Waals surface area (Å²) in [7, 11) is 0.887. The van der Waals surface area contributed by atoms with Crippen molar-refractivity contribution >= 4 is 15.9 Å². The van der Waals surface area contributed by atoms with Crippen molar-refractivity contribution in [2.75, 3.05) is 27.7 Å². The summed E-state index contributed by atoms with van der Waals surface area (Å²) >= 11 is 0. The van der Waals surface area contributed by atoms with Gasteiger partial charge in [-0.1, -0.05) is 12.1 Å². The Labute approximate surface area is 120 Å². The quantitative estimate of drug-likeness (QED) is 0.854. The van der Waals surface area contributed by atoms with Gasteiger partial charge in [0, 0.05) is 27.2 Å². The van der Waals surface area contributed by atoms with Gasteiger partial charge in [-0.25, -0.2) is 8.42 Å². The Kier molecular flexibility index (Phi) is 5.27. The summed E-state index contributed by atoms with van der Waals surface area (Å²) in [5, 5.41) is 0. The molecular weight excluding hydrogens is 278 g/mol. The topological polar surface area (TPSA) is 83.7 Å². The van der Waals surface area contributed by atoms with Gasteiger partial charge in [0.05, 0.1) is 11.4 Å². The molecule has 20 heavy (non-hydrogen) atoms. The summed E-state index contributed by atoms with van der Waals surface area (Å²) in [5.74, 6) is -0.275. The fraction of sp³-hybridized carbons (Fsp3) is 0.462. The van der Waals surface area contributed by atoms with Crippen LogP contribution >= 0.6 is 0 Å². The van der Waals surface area contributed by atoms with Crippen LogP contribution in [0.15, 0.2) is 29.2 Å². The smallest absolute Gasteiger partial charge is 0.243 e. The molecule has 1 aromatic carbocycles. The van der Waals surface area contributed by atoms with E-state index < -0.39 is 10.0 Å². The Morgan fingerprint density at radius 2 is 1.70 bits per heavy atom. The number of nitrogens with zero attached hydrogens (tertiary/aromatic N) is 2. The first-order valence-electron chi connectivity index (χ1n) is 6.18. The van der Waals surface area contributed by atoms with E-state index in [2.05, 4.69) is 0 Å². The number of rotatable bonds is 5.